The lowest BCUT2D eigenvalue weighted by Gasteiger charge is -2.33. The molecule has 1 aliphatic rings. The molecule has 0 aromatic heterocycles. The smallest absolute Gasteiger partial charge is 0.241 e. The van der Waals surface area contributed by atoms with Crippen molar-refractivity contribution in [2.24, 2.45) is 0 Å². The van der Waals surface area contributed by atoms with Crippen molar-refractivity contribution in [3.05, 3.63) is 29.8 Å². The fraction of sp³-hybridized carbons (Fsp3) is 0.533. The second-order valence-electron chi connectivity index (χ2n) is 5.11. The van der Waals surface area contributed by atoms with Crippen LogP contribution in [0.1, 0.15) is 25.5 Å². The van der Waals surface area contributed by atoms with E-state index in [1.54, 1.807) is 4.90 Å². The Hall–Kier alpha value is -1.55. The number of hydrogen-bond donors (Lipinski definition) is 1. The molecule has 1 aromatic rings. The summed E-state index contributed by atoms with van der Waals surface area (Å²) in [5.74, 6) is 0.191. The van der Waals surface area contributed by atoms with Crippen LogP contribution in [0.2, 0.25) is 0 Å². The van der Waals surface area contributed by atoms with Crippen molar-refractivity contribution in [1.82, 2.24) is 10.2 Å². The van der Waals surface area contributed by atoms with Gasteiger partial charge in [-0.1, -0.05) is 19.1 Å². The van der Waals surface area contributed by atoms with Crippen LogP contribution in [0.4, 0.5) is 5.69 Å². The molecule has 2 rings (SSSR count). The molecule has 0 radical (unpaired) electrons. The summed E-state index contributed by atoms with van der Waals surface area (Å²) >= 11 is 0. The van der Waals surface area contributed by atoms with E-state index in [4.69, 9.17) is 0 Å². The molecule has 1 aromatic carbocycles. The van der Waals surface area contributed by atoms with Crippen LogP contribution in [-0.4, -0.2) is 44.0 Å². The number of carbonyl (C=O) groups is 1. The third-order valence-electron chi connectivity index (χ3n) is 3.73. The van der Waals surface area contributed by atoms with Gasteiger partial charge in [-0.2, -0.15) is 0 Å². The van der Waals surface area contributed by atoms with Gasteiger partial charge in [0, 0.05) is 31.9 Å². The van der Waals surface area contributed by atoms with Gasteiger partial charge in [0.05, 0.1) is 6.54 Å². The topological polar surface area (TPSA) is 35.6 Å². The Balaban J connectivity index is 2.04. The van der Waals surface area contributed by atoms with E-state index in [-0.39, 0.29) is 5.91 Å². The summed E-state index contributed by atoms with van der Waals surface area (Å²) < 4.78 is 0. The molecule has 1 unspecified atom stereocenters. The number of nitrogens with zero attached hydrogens (tertiary/aromatic N) is 2. The number of benzene rings is 1. The zero-order valence-corrected chi connectivity index (χ0v) is 12.0. The molecular weight excluding hydrogens is 238 g/mol. The summed E-state index contributed by atoms with van der Waals surface area (Å²) in [4.78, 5) is 15.6. The van der Waals surface area contributed by atoms with Crippen molar-refractivity contribution in [3.63, 3.8) is 0 Å². The Bertz CT molecular complexity index is 430. The average molecular weight is 261 g/mol. The maximum atomic E-state index is 11.7. The third-order valence-corrected chi connectivity index (χ3v) is 3.73. The van der Waals surface area contributed by atoms with Gasteiger partial charge in [0.2, 0.25) is 5.91 Å². The highest BCUT2D eigenvalue weighted by Gasteiger charge is 2.21. The Morgan fingerprint density at radius 1 is 1.26 bits per heavy atom. The Morgan fingerprint density at radius 3 is 2.53 bits per heavy atom. The number of rotatable bonds is 4. The van der Waals surface area contributed by atoms with Crippen LogP contribution < -0.4 is 10.2 Å². The zero-order valence-electron chi connectivity index (χ0n) is 12.0. The molecule has 0 saturated carbocycles. The van der Waals surface area contributed by atoms with Crippen molar-refractivity contribution >= 4 is 11.6 Å². The van der Waals surface area contributed by atoms with Gasteiger partial charge in [-0.05, 0) is 31.2 Å². The van der Waals surface area contributed by atoms with Crippen LogP contribution in [0.5, 0.6) is 0 Å². The molecule has 1 heterocycles. The summed E-state index contributed by atoms with van der Waals surface area (Å²) in [5.41, 5.74) is 2.42. The maximum Gasteiger partial charge on any atom is 0.241 e. The second kappa shape index (κ2) is 6.06. The third kappa shape index (κ3) is 3.26. The summed E-state index contributed by atoms with van der Waals surface area (Å²) in [6.07, 6.45) is 0. The van der Waals surface area contributed by atoms with E-state index in [2.05, 4.69) is 48.3 Å². The predicted octanol–water partition coefficient (Wildman–Crippen LogP) is 1.64. The van der Waals surface area contributed by atoms with E-state index >= 15 is 0 Å². The Kier molecular flexibility index (Phi) is 4.43. The highest BCUT2D eigenvalue weighted by atomic mass is 16.2. The van der Waals surface area contributed by atoms with Crippen molar-refractivity contribution in [3.8, 4) is 0 Å². The number of amides is 1. The molecule has 4 nitrogen and oxygen atoms in total. The highest BCUT2D eigenvalue weighted by molar-refractivity contribution is 5.82. The van der Waals surface area contributed by atoms with Gasteiger partial charge in [-0.25, -0.2) is 0 Å². The Morgan fingerprint density at radius 2 is 1.95 bits per heavy atom. The standard InChI is InChI=1S/C15H23N3O/c1-4-16-12(2)13-5-7-14(8-6-13)18-10-9-17(3)15(19)11-18/h5-8,12,16H,4,9-11H2,1-3H3. The van der Waals surface area contributed by atoms with Gasteiger partial charge in [-0.15, -0.1) is 0 Å². The number of nitrogens with one attached hydrogen (secondary N) is 1. The van der Waals surface area contributed by atoms with Crippen LogP contribution >= 0.6 is 0 Å². The molecule has 1 saturated heterocycles. The van der Waals surface area contributed by atoms with Gasteiger partial charge >= 0.3 is 0 Å². The Labute approximate surface area is 115 Å². The van der Waals surface area contributed by atoms with Gasteiger partial charge < -0.3 is 15.1 Å². The lowest BCUT2D eigenvalue weighted by molar-refractivity contribution is -0.129. The fourth-order valence-electron chi connectivity index (χ4n) is 2.38. The molecule has 1 amide bonds. The number of piperazine rings is 1. The molecular formula is C15H23N3O. The maximum absolute atomic E-state index is 11.7. The van der Waals surface area contributed by atoms with Gasteiger partial charge in [0.1, 0.15) is 0 Å². The first-order valence-corrected chi connectivity index (χ1v) is 6.94. The molecule has 104 valence electrons. The lowest BCUT2D eigenvalue weighted by Crippen LogP contribution is -2.48. The number of carbonyl (C=O) groups excluding carboxylic acids is 1. The summed E-state index contributed by atoms with van der Waals surface area (Å²) in [5, 5.41) is 3.40. The van der Waals surface area contributed by atoms with Crippen LogP contribution in [0.3, 0.4) is 0 Å². The molecule has 0 spiro atoms. The van der Waals surface area contributed by atoms with Crippen LogP contribution in [-0.2, 0) is 4.79 Å². The monoisotopic (exact) mass is 261 g/mol. The van der Waals surface area contributed by atoms with E-state index in [0.29, 0.717) is 12.6 Å². The predicted molar refractivity (Wildman–Crippen MR) is 78.4 cm³/mol. The zero-order chi connectivity index (χ0) is 13.8. The first-order chi connectivity index (χ1) is 9.11. The van der Waals surface area contributed by atoms with Crippen molar-refractivity contribution in [1.29, 1.82) is 0 Å². The minimum Gasteiger partial charge on any atom is -0.360 e. The molecule has 0 aliphatic carbocycles. The van der Waals surface area contributed by atoms with E-state index in [1.807, 2.05) is 7.05 Å². The molecule has 1 aliphatic heterocycles. The molecule has 1 fully saturated rings. The molecule has 1 atom stereocenters. The van der Waals surface area contributed by atoms with Gasteiger partial charge in [-0.3, -0.25) is 4.79 Å². The van der Waals surface area contributed by atoms with E-state index in [9.17, 15) is 4.79 Å². The van der Waals surface area contributed by atoms with Crippen molar-refractivity contribution < 1.29 is 4.79 Å². The molecule has 0 bridgehead atoms. The first-order valence-electron chi connectivity index (χ1n) is 6.94. The minimum atomic E-state index is 0.191. The molecule has 4 heteroatoms. The minimum absolute atomic E-state index is 0.191. The summed E-state index contributed by atoms with van der Waals surface area (Å²) in [6.45, 7) is 7.44. The van der Waals surface area contributed by atoms with Gasteiger partial charge in [0.25, 0.3) is 0 Å². The lowest BCUT2D eigenvalue weighted by atomic mass is 10.1. The number of anilines is 1. The van der Waals surface area contributed by atoms with Crippen LogP contribution in [0.25, 0.3) is 0 Å². The molecule has 19 heavy (non-hydrogen) atoms. The average Bonchev–Trinajstić information content (AvgIpc) is 2.42. The quantitative estimate of drug-likeness (QED) is 0.895. The molecule has 1 N–H and O–H groups in total. The normalized spacial score (nSPS) is 17.7. The van der Waals surface area contributed by atoms with E-state index < -0.39 is 0 Å². The second-order valence-corrected chi connectivity index (χ2v) is 5.11. The van der Waals surface area contributed by atoms with Gasteiger partial charge in [0.15, 0.2) is 0 Å². The van der Waals surface area contributed by atoms with Crippen molar-refractivity contribution in [2.75, 3.05) is 38.1 Å². The SMILES string of the molecule is CCNC(C)c1ccc(N2CCN(C)C(=O)C2)cc1. The number of likely N-dealkylation sites (N-methyl/N-ethyl adjacent to an activating group) is 1. The summed E-state index contributed by atoms with van der Waals surface area (Å²) in [7, 11) is 1.86. The van der Waals surface area contributed by atoms with Crippen molar-refractivity contribution in [2.45, 2.75) is 19.9 Å². The van der Waals surface area contributed by atoms with Crippen LogP contribution in [0, 0.1) is 0 Å². The first kappa shape index (κ1) is 13.9. The number of hydrogen-bond acceptors (Lipinski definition) is 3. The summed E-state index contributed by atoms with van der Waals surface area (Å²) in [6, 6.07) is 8.88. The van der Waals surface area contributed by atoms with Crippen LogP contribution in [0.15, 0.2) is 24.3 Å². The fourth-order valence-corrected chi connectivity index (χ4v) is 2.38. The van der Waals surface area contributed by atoms with E-state index in [0.717, 1.165) is 25.3 Å². The van der Waals surface area contributed by atoms with E-state index in [1.165, 1.54) is 5.56 Å². The highest BCUT2D eigenvalue weighted by Crippen LogP contribution is 2.20. The largest absolute Gasteiger partial charge is 0.360 e.